The zero-order chi connectivity index (χ0) is 15.3. The molecule has 1 saturated heterocycles. The molecule has 1 aliphatic rings. The van der Waals surface area contributed by atoms with Gasteiger partial charge in [-0.2, -0.15) is 12.7 Å². The van der Waals surface area contributed by atoms with E-state index in [2.05, 4.69) is 15.0 Å². The molecule has 2 N–H and O–H groups in total. The zero-order valence-corrected chi connectivity index (χ0v) is 14.3. The number of nitrogens with zero attached hydrogens (tertiary/aromatic N) is 2. The third-order valence-corrected chi connectivity index (χ3v) is 6.14. The Morgan fingerprint density at radius 2 is 2.29 bits per heavy atom. The first-order valence-corrected chi connectivity index (χ1v) is 9.67. The fourth-order valence-electron chi connectivity index (χ4n) is 2.64. The van der Waals surface area contributed by atoms with Crippen LogP contribution in [0.5, 0.6) is 0 Å². The summed E-state index contributed by atoms with van der Waals surface area (Å²) in [6.45, 7) is 3.66. The van der Waals surface area contributed by atoms with Crippen LogP contribution in [0, 0.1) is 6.92 Å². The monoisotopic (exact) mass is 332 g/mol. The average Bonchev–Trinajstić information content (AvgIpc) is 2.85. The molecule has 1 aromatic rings. The Labute approximate surface area is 131 Å². The van der Waals surface area contributed by atoms with Crippen molar-refractivity contribution >= 4 is 21.5 Å². The number of piperidine rings is 1. The van der Waals surface area contributed by atoms with Gasteiger partial charge in [-0.3, -0.25) is 0 Å². The predicted molar refractivity (Wildman–Crippen MR) is 85.7 cm³/mol. The molecule has 0 saturated carbocycles. The van der Waals surface area contributed by atoms with Gasteiger partial charge in [-0.15, -0.1) is 11.3 Å². The van der Waals surface area contributed by atoms with Crippen molar-refractivity contribution in [1.29, 1.82) is 0 Å². The standard InChI is InChI=1S/C13H24N4O2S2/c1-11-16-12(10-20-11)6-7-15-21(18,19)17-8-4-3-5-13(17)9-14-2/h10,13-15H,3-9H2,1-2H3. The van der Waals surface area contributed by atoms with Crippen molar-refractivity contribution in [3.05, 3.63) is 16.1 Å². The van der Waals surface area contributed by atoms with Crippen molar-refractivity contribution in [3.63, 3.8) is 0 Å². The van der Waals surface area contributed by atoms with Crippen LogP contribution in [-0.4, -0.2) is 50.4 Å². The van der Waals surface area contributed by atoms with Gasteiger partial charge < -0.3 is 5.32 Å². The Kier molecular flexibility index (Phi) is 6.12. The first-order chi connectivity index (χ1) is 10.0. The Morgan fingerprint density at radius 1 is 1.48 bits per heavy atom. The maximum atomic E-state index is 12.4. The lowest BCUT2D eigenvalue weighted by Crippen LogP contribution is -2.52. The Balaban J connectivity index is 1.90. The van der Waals surface area contributed by atoms with Gasteiger partial charge in [-0.1, -0.05) is 6.42 Å². The number of thiazole rings is 1. The zero-order valence-electron chi connectivity index (χ0n) is 12.6. The van der Waals surface area contributed by atoms with E-state index in [1.165, 1.54) is 0 Å². The molecule has 0 aromatic carbocycles. The second-order valence-electron chi connectivity index (χ2n) is 5.33. The van der Waals surface area contributed by atoms with E-state index >= 15 is 0 Å². The second-order valence-corrected chi connectivity index (χ2v) is 8.10. The van der Waals surface area contributed by atoms with E-state index in [1.54, 1.807) is 15.6 Å². The van der Waals surface area contributed by atoms with Gasteiger partial charge in [0.05, 0.1) is 10.7 Å². The van der Waals surface area contributed by atoms with E-state index in [9.17, 15) is 8.42 Å². The smallest absolute Gasteiger partial charge is 0.279 e. The molecule has 2 rings (SSSR count). The number of likely N-dealkylation sites (N-methyl/N-ethyl adjacent to an activating group) is 1. The fourth-order valence-corrected chi connectivity index (χ4v) is 4.76. The van der Waals surface area contributed by atoms with E-state index in [-0.39, 0.29) is 6.04 Å². The van der Waals surface area contributed by atoms with Gasteiger partial charge in [0, 0.05) is 37.5 Å². The van der Waals surface area contributed by atoms with Crippen LogP contribution in [-0.2, 0) is 16.6 Å². The number of nitrogens with one attached hydrogen (secondary N) is 2. The summed E-state index contributed by atoms with van der Waals surface area (Å²) in [6.07, 6.45) is 3.59. The van der Waals surface area contributed by atoms with Crippen molar-refractivity contribution in [2.45, 2.75) is 38.6 Å². The van der Waals surface area contributed by atoms with E-state index in [1.807, 2.05) is 19.4 Å². The summed E-state index contributed by atoms with van der Waals surface area (Å²) in [5.41, 5.74) is 0.950. The molecule has 1 unspecified atom stereocenters. The molecular formula is C13H24N4O2S2. The highest BCUT2D eigenvalue weighted by Gasteiger charge is 2.31. The van der Waals surface area contributed by atoms with Crippen molar-refractivity contribution in [3.8, 4) is 0 Å². The summed E-state index contributed by atoms with van der Waals surface area (Å²) in [7, 11) is -1.54. The molecule has 21 heavy (non-hydrogen) atoms. The Morgan fingerprint density at radius 3 is 2.95 bits per heavy atom. The quantitative estimate of drug-likeness (QED) is 0.778. The van der Waals surface area contributed by atoms with Gasteiger partial charge in [-0.25, -0.2) is 9.71 Å². The van der Waals surface area contributed by atoms with Crippen molar-refractivity contribution in [2.24, 2.45) is 0 Å². The summed E-state index contributed by atoms with van der Waals surface area (Å²) in [5, 5.41) is 6.07. The van der Waals surface area contributed by atoms with Crippen molar-refractivity contribution in [2.75, 3.05) is 26.7 Å². The average molecular weight is 332 g/mol. The third-order valence-electron chi connectivity index (χ3n) is 3.65. The maximum Gasteiger partial charge on any atom is 0.279 e. The van der Waals surface area contributed by atoms with Crippen LogP contribution in [0.3, 0.4) is 0 Å². The number of aryl methyl sites for hydroxylation is 1. The summed E-state index contributed by atoms with van der Waals surface area (Å²) in [6, 6.07) is 0.0581. The molecule has 0 bridgehead atoms. The van der Waals surface area contributed by atoms with E-state index in [0.717, 1.165) is 30.0 Å². The van der Waals surface area contributed by atoms with Gasteiger partial charge >= 0.3 is 0 Å². The highest BCUT2D eigenvalue weighted by atomic mass is 32.2. The third kappa shape index (κ3) is 4.72. The second kappa shape index (κ2) is 7.64. The van der Waals surface area contributed by atoms with Crippen molar-refractivity contribution < 1.29 is 8.42 Å². The highest BCUT2D eigenvalue weighted by molar-refractivity contribution is 7.87. The lowest BCUT2D eigenvalue weighted by Gasteiger charge is -2.34. The van der Waals surface area contributed by atoms with Crippen LogP contribution in [0.2, 0.25) is 0 Å². The number of hydrogen-bond acceptors (Lipinski definition) is 5. The van der Waals surface area contributed by atoms with Gasteiger partial charge in [0.1, 0.15) is 0 Å². The van der Waals surface area contributed by atoms with Crippen LogP contribution < -0.4 is 10.0 Å². The van der Waals surface area contributed by atoms with Gasteiger partial charge in [0.25, 0.3) is 10.2 Å². The molecule has 0 amide bonds. The van der Waals surface area contributed by atoms with Crippen LogP contribution in [0.15, 0.2) is 5.38 Å². The Hall–Kier alpha value is -0.540. The minimum absolute atomic E-state index is 0.0581. The lowest BCUT2D eigenvalue weighted by molar-refractivity contribution is 0.246. The first kappa shape index (κ1) is 16.8. The van der Waals surface area contributed by atoms with E-state index in [4.69, 9.17) is 0 Å². The van der Waals surface area contributed by atoms with Gasteiger partial charge in [0.2, 0.25) is 0 Å². The van der Waals surface area contributed by atoms with Gasteiger partial charge in [-0.05, 0) is 26.8 Å². The topological polar surface area (TPSA) is 74.3 Å². The largest absolute Gasteiger partial charge is 0.318 e. The molecule has 2 heterocycles. The number of rotatable bonds is 7. The molecule has 8 heteroatoms. The highest BCUT2D eigenvalue weighted by Crippen LogP contribution is 2.19. The molecule has 0 radical (unpaired) electrons. The van der Waals surface area contributed by atoms with E-state index < -0.39 is 10.2 Å². The molecule has 1 atom stereocenters. The van der Waals surface area contributed by atoms with Crippen LogP contribution in [0.4, 0.5) is 0 Å². The van der Waals surface area contributed by atoms with Gasteiger partial charge in [0.15, 0.2) is 0 Å². The summed E-state index contributed by atoms with van der Waals surface area (Å²) >= 11 is 1.59. The molecular weight excluding hydrogens is 308 g/mol. The molecule has 1 fully saturated rings. The number of aromatic nitrogens is 1. The SMILES string of the molecule is CNCC1CCCCN1S(=O)(=O)NCCc1csc(C)n1. The molecule has 0 aliphatic carbocycles. The van der Waals surface area contributed by atoms with Crippen LogP contribution >= 0.6 is 11.3 Å². The molecule has 120 valence electrons. The molecule has 6 nitrogen and oxygen atoms in total. The lowest BCUT2D eigenvalue weighted by atomic mass is 10.1. The predicted octanol–water partition coefficient (Wildman–Crippen LogP) is 0.902. The van der Waals surface area contributed by atoms with Crippen LogP contribution in [0.1, 0.15) is 30.0 Å². The van der Waals surface area contributed by atoms with Crippen LogP contribution in [0.25, 0.3) is 0 Å². The molecule has 1 aliphatic heterocycles. The number of hydrogen-bond donors (Lipinski definition) is 2. The van der Waals surface area contributed by atoms with E-state index in [0.29, 0.717) is 26.1 Å². The minimum atomic E-state index is -3.40. The summed E-state index contributed by atoms with van der Waals surface area (Å²) in [4.78, 5) is 4.35. The normalized spacial score (nSPS) is 20.8. The van der Waals surface area contributed by atoms with Crippen molar-refractivity contribution in [1.82, 2.24) is 19.3 Å². The first-order valence-electron chi connectivity index (χ1n) is 7.35. The Bertz CT molecular complexity index is 542. The molecule has 0 spiro atoms. The summed E-state index contributed by atoms with van der Waals surface area (Å²) in [5.74, 6) is 0. The summed E-state index contributed by atoms with van der Waals surface area (Å²) < 4.78 is 29.2. The minimum Gasteiger partial charge on any atom is -0.318 e. The fraction of sp³-hybridized carbons (Fsp3) is 0.769. The maximum absolute atomic E-state index is 12.4. The molecule has 1 aromatic heterocycles.